The summed E-state index contributed by atoms with van der Waals surface area (Å²) in [5.41, 5.74) is 2.51. The van der Waals surface area contributed by atoms with Crippen LogP contribution in [0.25, 0.3) is 11.3 Å². The minimum absolute atomic E-state index is 0.0537. The van der Waals surface area contributed by atoms with E-state index in [1.807, 2.05) is 30.3 Å². The molecule has 1 atom stereocenters. The lowest BCUT2D eigenvalue weighted by Gasteiger charge is -2.25. The van der Waals surface area contributed by atoms with Gasteiger partial charge >= 0.3 is 0 Å². The first-order chi connectivity index (χ1) is 16.4. The Morgan fingerprint density at radius 3 is 2.62 bits per heavy atom. The number of aliphatic hydroxyl groups is 1. The number of halogens is 2. The lowest BCUT2D eigenvalue weighted by atomic mass is 10.1. The fraction of sp³-hybridized carbons (Fsp3) is 0.444. The first kappa shape index (κ1) is 24.4. The maximum Gasteiger partial charge on any atom is 0.222 e. The van der Waals surface area contributed by atoms with Gasteiger partial charge in [-0.25, -0.2) is 13.5 Å². The predicted octanol–water partition coefficient (Wildman–Crippen LogP) is 5.92. The molecule has 0 unspecified atom stereocenters. The molecule has 0 saturated heterocycles. The van der Waals surface area contributed by atoms with Crippen LogP contribution >= 0.6 is 0 Å². The zero-order valence-corrected chi connectivity index (χ0v) is 19.9. The highest BCUT2D eigenvalue weighted by molar-refractivity contribution is 5.65. The van der Waals surface area contributed by atoms with Crippen molar-refractivity contribution >= 4 is 0 Å². The molecule has 2 aromatic carbocycles. The van der Waals surface area contributed by atoms with E-state index < -0.39 is 17.7 Å². The van der Waals surface area contributed by atoms with E-state index in [1.54, 1.807) is 11.7 Å². The van der Waals surface area contributed by atoms with Gasteiger partial charge in [0.25, 0.3) is 0 Å². The molecule has 7 heteroatoms. The van der Waals surface area contributed by atoms with Crippen molar-refractivity contribution in [3.8, 4) is 22.9 Å². The van der Waals surface area contributed by atoms with Crippen molar-refractivity contribution in [3.05, 3.63) is 65.7 Å². The van der Waals surface area contributed by atoms with Crippen LogP contribution in [0, 0.1) is 17.6 Å². The Morgan fingerprint density at radius 2 is 1.94 bits per heavy atom. The summed E-state index contributed by atoms with van der Waals surface area (Å²) in [6.07, 6.45) is 4.78. The molecule has 5 nitrogen and oxygen atoms in total. The van der Waals surface area contributed by atoms with E-state index >= 15 is 0 Å². The minimum atomic E-state index is -0.766. The Labute approximate surface area is 200 Å². The van der Waals surface area contributed by atoms with Crippen LogP contribution in [0.2, 0.25) is 0 Å². The highest BCUT2D eigenvalue weighted by Crippen LogP contribution is 2.36. The topological polar surface area (TPSA) is 50.5 Å². The Hall–Kier alpha value is -2.77. The van der Waals surface area contributed by atoms with E-state index in [-0.39, 0.29) is 5.75 Å². The zero-order chi connectivity index (χ0) is 24.1. The smallest absolute Gasteiger partial charge is 0.222 e. The van der Waals surface area contributed by atoms with Crippen LogP contribution in [0.3, 0.4) is 0 Å². The van der Waals surface area contributed by atoms with E-state index in [4.69, 9.17) is 9.84 Å². The van der Waals surface area contributed by atoms with Crippen LogP contribution in [0.15, 0.2) is 48.5 Å². The molecule has 1 aliphatic rings. The lowest BCUT2D eigenvalue weighted by Crippen LogP contribution is -2.34. The highest BCUT2D eigenvalue weighted by Gasteiger charge is 2.28. The summed E-state index contributed by atoms with van der Waals surface area (Å²) in [6.45, 7) is 4.07. The molecule has 3 aromatic rings. The number of nitrogens with zero attached hydrogens (tertiary/aromatic N) is 3. The first-order valence-corrected chi connectivity index (χ1v) is 12.1. The first-order valence-electron chi connectivity index (χ1n) is 12.1. The third kappa shape index (κ3) is 6.21. The van der Waals surface area contributed by atoms with Gasteiger partial charge in [-0.2, -0.15) is 5.10 Å². The molecule has 0 amide bonds. The fourth-order valence-electron chi connectivity index (χ4n) is 4.23. The van der Waals surface area contributed by atoms with Gasteiger partial charge in [-0.1, -0.05) is 50.1 Å². The van der Waals surface area contributed by atoms with Gasteiger partial charge in [-0.15, -0.1) is 0 Å². The maximum absolute atomic E-state index is 14.4. The Morgan fingerprint density at radius 1 is 1.18 bits per heavy atom. The summed E-state index contributed by atoms with van der Waals surface area (Å²) < 4.78 is 35.5. The quantitative estimate of drug-likeness (QED) is 0.358. The monoisotopic (exact) mass is 469 g/mol. The van der Waals surface area contributed by atoms with Crippen molar-refractivity contribution in [2.75, 3.05) is 13.1 Å². The maximum atomic E-state index is 14.4. The SMILES string of the molecule is CCCC[C@H](O)CN(Cc1c(-c2ccccc2)nn(C)c1Oc1ccc(F)cc1F)CC1CC1. The largest absolute Gasteiger partial charge is 0.436 e. The Bertz CT molecular complexity index is 1080. The normalized spacial score (nSPS) is 14.5. The molecule has 0 spiro atoms. The zero-order valence-electron chi connectivity index (χ0n) is 19.9. The minimum Gasteiger partial charge on any atom is -0.436 e. The number of ether oxygens (including phenoxy) is 1. The fourth-order valence-corrected chi connectivity index (χ4v) is 4.23. The second kappa shape index (κ2) is 11.1. The number of aryl methyl sites for hydroxylation is 1. The van der Waals surface area contributed by atoms with Crippen molar-refractivity contribution in [1.82, 2.24) is 14.7 Å². The van der Waals surface area contributed by atoms with Crippen molar-refractivity contribution in [1.29, 1.82) is 0 Å². The molecule has 0 bridgehead atoms. The molecule has 4 rings (SSSR count). The third-order valence-corrected chi connectivity index (χ3v) is 6.19. The van der Waals surface area contributed by atoms with Crippen molar-refractivity contribution in [3.63, 3.8) is 0 Å². The number of rotatable bonds is 12. The van der Waals surface area contributed by atoms with Gasteiger partial charge in [-0.05, 0) is 37.3 Å². The summed E-state index contributed by atoms with van der Waals surface area (Å²) in [7, 11) is 1.76. The molecule has 34 heavy (non-hydrogen) atoms. The summed E-state index contributed by atoms with van der Waals surface area (Å²) in [5, 5.41) is 15.3. The van der Waals surface area contributed by atoms with E-state index in [0.717, 1.165) is 48.7 Å². The van der Waals surface area contributed by atoms with E-state index in [0.29, 0.717) is 24.9 Å². The van der Waals surface area contributed by atoms with Gasteiger partial charge in [0, 0.05) is 38.3 Å². The molecule has 182 valence electrons. The number of unbranched alkanes of at least 4 members (excludes halogenated alkanes) is 1. The summed E-state index contributed by atoms with van der Waals surface area (Å²) in [5.74, 6) is -0.431. The van der Waals surface area contributed by atoms with Crippen molar-refractivity contribution in [2.45, 2.75) is 51.7 Å². The van der Waals surface area contributed by atoms with Crippen LogP contribution in [-0.2, 0) is 13.6 Å². The van der Waals surface area contributed by atoms with Gasteiger partial charge < -0.3 is 9.84 Å². The molecule has 1 fully saturated rings. The highest BCUT2D eigenvalue weighted by atomic mass is 19.1. The number of benzene rings is 2. The van der Waals surface area contributed by atoms with Gasteiger partial charge in [0.05, 0.1) is 11.7 Å². The van der Waals surface area contributed by atoms with Gasteiger partial charge in [-0.3, -0.25) is 4.90 Å². The van der Waals surface area contributed by atoms with Gasteiger partial charge in [0.1, 0.15) is 11.5 Å². The number of aliphatic hydroxyl groups excluding tert-OH is 1. The van der Waals surface area contributed by atoms with Crippen LogP contribution < -0.4 is 4.74 Å². The van der Waals surface area contributed by atoms with E-state index in [2.05, 4.69) is 11.8 Å². The molecule has 0 radical (unpaired) electrons. The summed E-state index contributed by atoms with van der Waals surface area (Å²) >= 11 is 0. The Balaban J connectivity index is 1.68. The Kier molecular flexibility index (Phi) is 7.95. The second-order valence-corrected chi connectivity index (χ2v) is 9.23. The average molecular weight is 470 g/mol. The standard InChI is InChI=1S/C27H33F2N3O2/c1-3-4-10-22(33)17-32(16-19-11-12-19)18-23-26(20-8-6-5-7-9-20)30-31(2)27(23)34-25-14-13-21(28)15-24(25)29/h5-9,13-15,19,22,33H,3-4,10-12,16-18H2,1-2H3/t22-/m0/s1. The van der Waals surface area contributed by atoms with Crippen LogP contribution in [-0.4, -0.2) is 39.0 Å². The summed E-state index contributed by atoms with van der Waals surface area (Å²) in [4.78, 5) is 2.26. The van der Waals surface area contributed by atoms with Crippen LogP contribution in [0.4, 0.5) is 8.78 Å². The molecule has 0 aliphatic heterocycles. The molecule has 1 saturated carbocycles. The molecular formula is C27H33F2N3O2. The second-order valence-electron chi connectivity index (χ2n) is 9.23. The molecule has 1 N–H and O–H groups in total. The third-order valence-electron chi connectivity index (χ3n) is 6.19. The van der Waals surface area contributed by atoms with E-state index in [1.165, 1.54) is 25.0 Å². The predicted molar refractivity (Wildman–Crippen MR) is 129 cm³/mol. The average Bonchev–Trinajstić information content (AvgIpc) is 3.58. The number of aromatic nitrogens is 2. The molecule has 1 aliphatic carbocycles. The number of hydrogen-bond acceptors (Lipinski definition) is 4. The van der Waals surface area contributed by atoms with Crippen LogP contribution in [0.1, 0.15) is 44.6 Å². The summed E-state index contributed by atoms with van der Waals surface area (Å²) in [6, 6.07) is 13.1. The van der Waals surface area contributed by atoms with Crippen LogP contribution in [0.5, 0.6) is 11.6 Å². The van der Waals surface area contributed by atoms with Gasteiger partial charge in [0.2, 0.25) is 5.88 Å². The van der Waals surface area contributed by atoms with Crippen molar-refractivity contribution in [2.24, 2.45) is 13.0 Å². The van der Waals surface area contributed by atoms with E-state index in [9.17, 15) is 13.9 Å². The van der Waals surface area contributed by atoms with Crippen molar-refractivity contribution < 1.29 is 18.6 Å². The number of hydrogen-bond donors (Lipinski definition) is 1. The van der Waals surface area contributed by atoms with Gasteiger partial charge in [0.15, 0.2) is 11.6 Å². The lowest BCUT2D eigenvalue weighted by molar-refractivity contribution is 0.0966. The molecular weight excluding hydrogens is 436 g/mol. The molecule has 1 aromatic heterocycles. The molecule has 1 heterocycles.